The maximum atomic E-state index is 12.6. The quantitative estimate of drug-likeness (QED) is 0.529. The molecule has 3 N–H and O–H groups in total. The van der Waals surface area contributed by atoms with E-state index in [0.29, 0.717) is 30.2 Å². The van der Waals surface area contributed by atoms with Crippen molar-refractivity contribution in [3.05, 3.63) is 45.7 Å². The number of urea groups is 1. The van der Waals surface area contributed by atoms with Crippen LogP contribution in [0.25, 0.3) is 10.9 Å². The van der Waals surface area contributed by atoms with Crippen molar-refractivity contribution in [2.45, 2.75) is 44.6 Å². The van der Waals surface area contributed by atoms with Crippen molar-refractivity contribution in [2.24, 2.45) is 0 Å². The molecule has 8 nitrogen and oxygen atoms in total. The fourth-order valence-corrected chi connectivity index (χ4v) is 4.21. The number of aryl methyl sites for hydroxylation is 1. The van der Waals surface area contributed by atoms with E-state index in [1.807, 2.05) is 13.0 Å². The number of amides is 4. The molecule has 2 heterocycles. The normalized spacial score (nSPS) is 17.9. The molecule has 1 aromatic carbocycles. The van der Waals surface area contributed by atoms with Crippen LogP contribution in [0.3, 0.4) is 0 Å². The van der Waals surface area contributed by atoms with Crippen LogP contribution in [0.5, 0.6) is 0 Å². The van der Waals surface area contributed by atoms with Crippen LogP contribution in [0.4, 0.5) is 4.79 Å². The Morgan fingerprint density at radius 2 is 1.93 bits per heavy atom. The summed E-state index contributed by atoms with van der Waals surface area (Å²) in [6.07, 6.45) is 3.72. The lowest BCUT2D eigenvalue weighted by Crippen LogP contribution is -2.44. The fraction of sp³-hybridized carbons (Fsp3) is 0.429. The molecule has 29 heavy (non-hydrogen) atoms. The Kier molecular flexibility index (Phi) is 4.86. The number of pyridine rings is 1. The summed E-state index contributed by atoms with van der Waals surface area (Å²) in [5, 5.41) is 6.12. The molecule has 1 aliphatic carbocycles. The van der Waals surface area contributed by atoms with Crippen molar-refractivity contribution in [3.8, 4) is 0 Å². The molecule has 1 spiro atoms. The fourth-order valence-electron chi connectivity index (χ4n) is 4.21. The van der Waals surface area contributed by atoms with E-state index in [2.05, 4.69) is 15.6 Å². The lowest BCUT2D eigenvalue weighted by atomic mass is 9.98. The summed E-state index contributed by atoms with van der Waals surface area (Å²) in [4.78, 5) is 53.6. The van der Waals surface area contributed by atoms with Gasteiger partial charge in [-0.05, 0) is 38.3 Å². The molecular formula is C21H24N4O4. The number of aromatic amines is 1. The van der Waals surface area contributed by atoms with Gasteiger partial charge in [0.15, 0.2) is 5.43 Å². The molecule has 1 saturated carbocycles. The molecule has 0 unspecified atom stereocenters. The highest BCUT2D eigenvalue weighted by atomic mass is 16.2. The molecule has 152 valence electrons. The van der Waals surface area contributed by atoms with Gasteiger partial charge in [0, 0.05) is 30.1 Å². The Hall–Kier alpha value is -3.16. The van der Waals surface area contributed by atoms with Gasteiger partial charge in [-0.1, -0.05) is 24.5 Å². The number of imide groups is 1. The van der Waals surface area contributed by atoms with Crippen molar-refractivity contribution in [2.75, 3.05) is 13.1 Å². The van der Waals surface area contributed by atoms with Crippen LogP contribution in [0.2, 0.25) is 0 Å². The SMILES string of the molecule is Cc1ccc2[nH]c(C(=O)NCCCN3C(=O)NC4(CCCC4)C3=O)cc(=O)c2c1. The number of H-pyrrole nitrogens is 1. The number of benzene rings is 1. The lowest BCUT2D eigenvalue weighted by Gasteiger charge is -2.20. The molecule has 4 rings (SSSR count). The van der Waals surface area contributed by atoms with Crippen LogP contribution in [0, 0.1) is 6.92 Å². The third-order valence-electron chi connectivity index (χ3n) is 5.78. The predicted molar refractivity (Wildman–Crippen MR) is 108 cm³/mol. The minimum atomic E-state index is -0.705. The molecule has 2 aliphatic rings. The number of rotatable bonds is 5. The monoisotopic (exact) mass is 396 g/mol. The minimum Gasteiger partial charge on any atom is -0.351 e. The summed E-state index contributed by atoms with van der Waals surface area (Å²) in [5.74, 6) is -0.547. The predicted octanol–water partition coefficient (Wildman–Crippen LogP) is 1.82. The van der Waals surface area contributed by atoms with Gasteiger partial charge in [-0.2, -0.15) is 0 Å². The number of hydrogen-bond acceptors (Lipinski definition) is 4. The zero-order valence-corrected chi connectivity index (χ0v) is 16.3. The highest BCUT2D eigenvalue weighted by Crippen LogP contribution is 2.34. The second-order valence-electron chi connectivity index (χ2n) is 7.88. The first-order valence-electron chi connectivity index (χ1n) is 9.96. The van der Waals surface area contributed by atoms with Gasteiger partial charge in [-0.3, -0.25) is 19.3 Å². The largest absolute Gasteiger partial charge is 0.351 e. The standard InChI is InChI=1S/C21H24N4O4/c1-13-5-6-15-14(11-13)17(26)12-16(23-15)18(27)22-9-4-10-25-19(28)21(24-20(25)29)7-2-3-8-21/h5-6,11-12H,2-4,7-10H2,1H3,(H,22,27)(H,23,26)(H,24,29). The Balaban J connectivity index is 1.34. The van der Waals surface area contributed by atoms with E-state index < -0.39 is 11.4 Å². The molecule has 0 atom stereocenters. The molecule has 1 saturated heterocycles. The highest BCUT2D eigenvalue weighted by Gasteiger charge is 2.51. The Bertz CT molecular complexity index is 1050. The Labute approximate surface area is 167 Å². The molecule has 0 bridgehead atoms. The van der Waals surface area contributed by atoms with Gasteiger partial charge in [0.1, 0.15) is 11.2 Å². The van der Waals surface area contributed by atoms with E-state index in [0.717, 1.165) is 18.4 Å². The number of carbonyl (C=O) groups excluding carboxylic acids is 3. The summed E-state index contributed by atoms with van der Waals surface area (Å²) in [6, 6.07) is 6.37. The van der Waals surface area contributed by atoms with Crippen LogP contribution < -0.4 is 16.1 Å². The van der Waals surface area contributed by atoms with E-state index >= 15 is 0 Å². The average molecular weight is 396 g/mol. The van der Waals surface area contributed by atoms with Crippen LogP contribution in [0.1, 0.15) is 48.2 Å². The van der Waals surface area contributed by atoms with Gasteiger partial charge in [0.25, 0.3) is 11.8 Å². The molecule has 2 aromatic rings. The molecule has 0 radical (unpaired) electrons. The molecule has 1 aromatic heterocycles. The summed E-state index contributed by atoms with van der Waals surface area (Å²) >= 11 is 0. The van der Waals surface area contributed by atoms with Gasteiger partial charge >= 0.3 is 6.03 Å². The van der Waals surface area contributed by atoms with Crippen molar-refractivity contribution in [1.29, 1.82) is 0 Å². The van der Waals surface area contributed by atoms with Crippen molar-refractivity contribution in [1.82, 2.24) is 20.5 Å². The summed E-state index contributed by atoms with van der Waals surface area (Å²) < 4.78 is 0. The summed E-state index contributed by atoms with van der Waals surface area (Å²) in [5.41, 5.74) is 0.845. The van der Waals surface area contributed by atoms with Crippen LogP contribution in [-0.4, -0.2) is 46.4 Å². The first-order valence-corrected chi connectivity index (χ1v) is 9.96. The minimum absolute atomic E-state index is 0.152. The average Bonchev–Trinajstić information content (AvgIpc) is 3.25. The lowest BCUT2D eigenvalue weighted by molar-refractivity contribution is -0.131. The van der Waals surface area contributed by atoms with Crippen LogP contribution in [0.15, 0.2) is 29.1 Å². The number of fused-ring (bicyclic) bond motifs is 1. The van der Waals surface area contributed by atoms with Gasteiger partial charge in [-0.25, -0.2) is 4.79 Å². The Morgan fingerprint density at radius 1 is 1.17 bits per heavy atom. The van der Waals surface area contributed by atoms with E-state index in [9.17, 15) is 19.2 Å². The second kappa shape index (κ2) is 7.35. The Morgan fingerprint density at radius 3 is 2.69 bits per heavy atom. The zero-order valence-electron chi connectivity index (χ0n) is 16.3. The third-order valence-corrected chi connectivity index (χ3v) is 5.78. The van der Waals surface area contributed by atoms with Crippen LogP contribution >= 0.6 is 0 Å². The van der Waals surface area contributed by atoms with Gasteiger partial charge < -0.3 is 15.6 Å². The number of nitrogens with one attached hydrogen (secondary N) is 3. The second-order valence-corrected chi connectivity index (χ2v) is 7.88. The summed E-state index contributed by atoms with van der Waals surface area (Å²) in [7, 11) is 0. The molecule has 1 aliphatic heterocycles. The number of nitrogens with zero attached hydrogens (tertiary/aromatic N) is 1. The number of aromatic nitrogens is 1. The molecule has 8 heteroatoms. The first-order chi connectivity index (χ1) is 13.9. The number of carbonyl (C=O) groups is 3. The van der Waals surface area contributed by atoms with E-state index in [4.69, 9.17) is 0 Å². The van der Waals surface area contributed by atoms with Crippen LogP contribution in [-0.2, 0) is 4.79 Å². The van der Waals surface area contributed by atoms with E-state index in [1.165, 1.54) is 11.0 Å². The molecule has 4 amide bonds. The van der Waals surface area contributed by atoms with Gasteiger partial charge in [-0.15, -0.1) is 0 Å². The van der Waals surface area contributed by atoms with Crippen molar-refractivity contribution < 1.29 is 14.4 Å². The van der Waals surface area contributed by atoms with Gasteiger partial charge in [0.2, 0.25) is 0 Å². The maximum Gasteiger partial charge on any atom is 0.325 e. The van der Waals surface area contributed by atoms with Crippen molar-refractivity contribution >= 4 is 28.7 Å². The first kappa shape index (κ1) is 19.2. The van der Waals surface area contributed by atoms with Crippen molar-refractivity contribution in [3.63, 3.8) is 0 Å². The number of hydrogen-bond donors (Lipinski definition) is 3. The summed E-state index contributed by atoms with van der Waals surface area (Å²) in [6.45, 7) is 2.44. The molecular weight excluding hydrogens is 372 g/mol. The molecule has 2 fully saturated rings. The van der Waals surface area contributed by atoms with E-state index in [-0.39, 0.29) is 36.2 Å². The van der Waals surface area contributed by atoms with E-state index in [1.54, 1.807) is 12.1 Å². The highest BCUT2D eigenvalue weighted by molar-refractivity contribution is 6.07. The smallest absolute Gasteiger partial charge is 0.325 e. The third kappa shape index (κ3) is 3.50. The zero-order chi connectivity index (χ0) is 20.6. The maximum absolute atomic E-state index is 12.6. The van der Waals surface area contributed by atoms with Gasteiger partial charge in [0.05, 0.1) is 0 Å². The topological polar surface area (TPSA) is 111 Å².